The molecule has 1 amide bonds. The monoisotopic (exact) mass is 366 g/mol. The van der Waals surface area contributed by atoms with Crippen LogP contribution in [-0.4, -0.2) is 14.3 Å². The normalized spacial score (nSPS) is 11.1. The molecule has 2 N–H and O–H groups in total. The largest absolute Gasteiger partial charge is 0.322 e. The highest BCUT2D eigenvalue weighted by Crippen LogP contribution is 2.13. The van der Waals surface area contributed by atoms with Crippen molar-refractivity contribution >= 4 is 21.6 Å². The molecule has 0 spiro atoms. The van der Waals surface area contributed by atoms with E-state index in [4.69, 9.17) is 0 Å². The molecule has 0 aliphatic heterocycles. The standard InChI is InChI=1S/C20H18N2O3S/c23-20(22-18-9-5-2-6-10-18)17-11-13-19(14-12-17)26(24,25)21-15-16-7-3-1-4-8-16/h1-14,21H,15H2,(H,22,23). The molecule has 0 heterocycles. The molecule has 0 saturated carbocycles. The van der Waals surface area contributed by atoms with Gasteiger partial charge in [-0.1, -0.05) is 48.5 Å². The quantitative estimate of drug-likeness (QED) is 0.702. The second-order valence-electron chi connectivity index (χ2n) is 5.65. The van der Waals surface area contributed by atoms with E-state index >= 15 is 0 Å². The summed E-state index contributed by atoms with van der Waals surface area (Å²) >= 11 is 0. The van der Waals surface area contributed by atoms with Crippen molar-refractivity contribution in [3.8, 4) is 0 Å². The topological polar surface area (TPSA) is 75.3 Å². The van der Waals surface area contributed by atoms with Gasteiger partial charge < -0.3 is 5.32 Å². The number of sulfonamides is 1. The molecule has 5 nitrogen and oxygen atoms in total. The number of rotatable bonds is 6. The van der Waals surface area contributed by atoms with Crippen LogP contribution in [-0.2, 0) is 16.6 Å². The molecule has 26 heavy (non-hydrogen) atoms. The van der Waals surface area contributed by atoms with Gasteiger partial charge in [0.15, 0.2) is 0 Å². The molecule has 3 aromatic carbocycles. The molecule has 3 aromatic rings. The number of hydrogen-bond acceptors (Lipinski definition) is 3. The minimum Gasteiger partial charge on any atom is -0.322 e. The number of amides is 1. The van der Waals surface area contributed by atoms with Crippen molar-refractivity contribution in [3.05, 3.63) is 96.1 Å². The highest BCUT2D eigenvalue weighted by Gasteiger charge is 2.15. The highest BCUT2D eigenvalue weighted by molar-refractivity contribution is 7.89. The summed E-state index contributed by atoms with van der Waals surface area (Å²) in [5, 5.41) is 2.76. The number of anilines is 1. The third-order valence-corrected chi connectivity index (χ3v) is 5.18. The van der Waals surface area contributed by atoms with E-state index in [-0.39, 0.29) is 17.3 Å². The Morgan fingerprint density at radius 3 is 1.96 bits per heavy atom. The maximum absolute atomic E-state index is 12.4. The summed E-state index contributed by atoms with van der Waals surface area (Å²) in [7, 11) is -3.64. The lowest BCUT2D eigenvalue weighted by Gasteiger charge is -2.08. The molecule has 0 atom stereocenters. The van der Waals surface area contributed by atoms with Crippen LogP contribution in [0.2, 0.25) is 0 Å². The first-order valence-electron chi connectivity index (χ1n) is 8.05. The molecule has 0 unspecified atom stereocenters. The van der Waals surface area contributed by atoms with E-state index in [0.29, 0.717) is 11.3 Å². The van der Waals surface area contributed by atoms with Crippen LogP contribution in [0.1, 0.15) is 15.9 Å². The van der Waals surface area contributed by atoms with Gasteiger partial charge >= 0.3 is 0 Å². The van der Waals surface area contributed by atoms with E-state index < -0.39 is 10.0 Å². The van der Waals surface area contributed by atoms with E-state index in [1.54, 1.807) is 12.1 Å². The van der Waals surface area contributed by atoms with Gasteiger partial charge in [0.25, 0.3) is 5.91 Å². The van der Waals surface area contributed by atoms with E-state index in [9.17, 15) is 13.2 Å². The lowest BCUT2D eigenvalue weighted by molar-refractivity contribution is 0.102. The van der Waals surface area contributed by atoms with Gasteiger partial charge in [0, 0.05) is 17.8 Å². The number of nitrogens with one attached hydrogen (secondary N) is 2. The van der Waals surface area contributed by atoms with Crippen LogP contribution in [0.25, 0.3) is 0 Å². The van der Waals surface area contributed by atoms with Crippen molar-refractivity contribution in [2.75, 3.05) is 5.32 Å². The fourth-order valence-electron chi connectivity index (χ4n) is 2.37. The van der Waals surface area contributed by atoms with Crippen LogP contribution in [0.3, 0.4) is 0 Å². The Kier molecular flexibility index (Phi) is 5.46. The zero-order valence-electron chi connectivity index (χ0n) is 13.9. The molecule has 0 bridgehead atoms. The van der Waals surface area contributed by atoms with Crippen molar-refractivity contribution in [3.63, 3.8) is 0 Å². The third kappa shape index (κ3) is 4.56. The van der Waals surface area contributed by atoms with Gasteiger partial charge in [0.1, 0.15) is 0 Å². The predicted octanol–water partition coefficient (Wildman–Crippen LogP) is 3.42. The highest BCUT2D eigenvalue weighted by atomic mass is 32.2. The van der Waals surface area contributed by atoms with Gasteiger partial charge in [-0.05, 0) is 42.0 Å². The fraction of sp³-hybridized carbons (Fsp3) is 0.0500. The summed E-state index contributed by atoms with van der Waals surface area (Å²) in [6.07, 6.45) is 0. The maximum atomic E-state index is 12.4. The summed E-state index contributed by atoms with van der Waals surface area (Å²) in [6, 6.07) is 24.2. The second-order valence-corrected chi connectivity index (χ2v) is 7.42. The van der Waals surface area contributed by atoms with E-state index in [2.05, 4.69) is 10.0 Å². The summed E-state index contributed by atoms with van der Waals surface area (Å²) in [5.74, 6) is -0.294. The molecule has 0 aromatic heterocycles. The molecule has 0 aliphatic carbocycles. The van der Waals surface area contributed by atoms with Crippen LogP contribution in [0.4, 0.5) is 5.69 Å². The van der Waals surface area contributed by atoms with Crippen LogP contribution in [0.5, 0.6) is 0 Å². The second kappa shape index (κ2) is 7.95. The van der Waals surface area contributed by atoms with Crippen LogP contribution >= 0.6 is 0 Å². The molecule has 0 radical (unpaired) electrons. The zero-order valence-corrected chi connectivity index (χ0v) is 14.7. The van der Waals surface area contributed by atoms with E-state index in [0.717, 1.165) is 5.56 Å². The third-order valence-electron chi connectivity index (χ3n) is 3.77. The lowest BCUT2D eigenvalue weighted by atomic mass is 10.2. The van der Waals surface area contributed by atoms with Gasteiger partial charge in [-0.25, -0.2) is 13.1 Å². The predicted molar refractivity (Wildman–Crippen MR) is 101 cm³/mol. The number of carbonyl (C=O) groups is 1. The van der Waals surface area contributed by atoms with Crippen molar-refractivity contribution in [1.29, 1.82) is 0 Å². The Labute approximate surface area is 152 Å². The molecular formula is C20H18N2O3S. The summed E-state index contributed by atoms with van der Waals surface area (Å²) < 4.78 is 27.3. The molecular weight excluding hydrogens is 348 g/mol. The van der Waals surface area contributed by atoms with Crippen LogP contribution in [0, 0.1) is 0 Å². The first kappa shape index (κ1) is 17.8. The number of hydrogen-bond donors (Lipinski definition) is 2. The Balaban J connectivity index is 1.67. The van der Waals surface area contributed by atoms with Gasteiger partial charge in [-0.3, -0.25) is 4.79 Å². The van der Waals surface area contributed by atoms with Gasteiger partial charge in [-0.15, -0.1) is 0 Å². The number of carbonyl (C=O) groups excluding carboxylic acids is 1. The number of benzene rings is 3. The molecule has 132 valence electrons. The molecule has 0 fully saturated rings. The molecule has 3 rings (SSSR count). The zero-order chi connectivity index (χ0) is 18.4. The first-order chi connectivity index (χ1) is 12.5. The van der Waals surface area contributed by atoms with Crippen molar-refractivity contribution in [2.24, 2.45) is 0 Å². The summed E-state index contributed by atoms with van der Waals surface area (Å²) in [4.78, 5) is 12.3. The summed E-state index contributed by atoms with van der Waals surface area (Å²) in [6.45, 7) is 0.208. The first-order valence-corrected chi connectivity index (χ1v) is 9.53. The summed E-state index contributed by atoms with van der Waals surface area (Å²) in [5.41, 5.74) is 1.93. The van der Waals surface area contributed by atoms with Crippen LogP contribution < -0.4 is 10.0 Å². The molecule has 0 aliphatic rings. The average Bonchev–Trinajstić information content (AvgIpc) is 2.68. The van der Waals surface area contributed by atoms with Crippen molar-refractivity contribution in [2.45, 2.75) is 11.4 Å². The van der Waals surface area contributed by atoms with Crippen molar-refractivity contribution < 1.29 is 13.2 Å². The molecule has 0 saturated heterocycles. The van der Waals surface area contributed by atoms with E-state index in [1.165, 1.54) is 24.3 Å². The lowest BCUT2D eigenvalue weighted by Crippen LogP contribution is -2.23. The Hall–Kier alpha value is -2.96. The smallest absolute Gasteiger partial charge is 0.255 e. The number of para-hydroxylation sites is 1. The minimum absolute atomic E-state index is 0.115. The van der Waals surface area contributed by atoms with Gasteiger partial charge in [0.05, 0.1) is 4.90 Å². The maximum Gasteiger partial charge on any atom is 0.255 e. The van der Waals surface area contributed by atoms with E-state index in [1.807, 2.05) is 48.5 Å². The van der Waals surface area contributed by atoms with Gasteiger partial charge in [-0.2, -0.15) is 0 Å². The fourth-order valence-corrected chi connectivity index (χ4v) is 3.39. The Bertz CT molecular complexity index is 971. The SMILES string of the molecule is O=C(Nc1ccccc1)c1ccc(S(=O)(=O)NCc2ccccc2)cc1. The Morgan fingerprint density at radius 1 is 0.769 bits per heavy atom. The van der Waals surface area contributed by atoms with Crippen LogP contribution in [0.15, 0.2) is 89.8 Å². The van der Waals surface area contributed by atoms with Gasteiger partial charge in [0.2, 0.25) is 10.0 Å². The minimum atomic E-state index is -3.64. The Morgan fingerprint density at radius 2 is 1.35 bits per heavy atom. The average molecular weight is 366 g/mol. The van der Waals surface area contributed by atoms with Crippen molar-refractivity contribution in [1.82, 2.24) is 4.72 Å². The molecule has 6 heteroatoms.